The molecule has 1 aliphatic rings. The van der Waals surface area contributed by atoms with Gasteiger partial charge in [-0.2, -0.15) is 8.78 Å². The van der Waals surface area contributed by atoms with Gasteiger partial charge in [0.1, 0.15) is 5.82 Å². The van der Waals surface area contributed by atoms with Gasteiger partial charge in [0.2, 0.25) is 0 Å². The second-order valence-corrected chi connectivity index (χ2v) is 4.10. The molecule has 0 aliphatic carbocycles. The van der Waals surface area contributed by atoms with E-state index in [0.717, 1.165) is 5.56 Å². The van der Waals surface area contributed by atoms with Gasteiger partial charge in [-0.1, -0.05) is 12.1 Å². The molecule has 1 heterocycles. The fraction of sp³-hybridized carbons (Fsp3) is 0.500. The van der Waals surface area contributed by atoms with Crippen LogP contribution < -0.4 is 5.32 Å². The third-order valence-electron chi connectivity index (χ3n) is 2.92. The van der Waals surface area contributed by atoms with Crippen LogP contribution in [0.4, 0.5) is 13.2 Å². The molecule has 5 heteroatoms. The Morgan fingerprint density at radius 1 is 1.24 bits per heavy atom. The SMILES string of the molecule is Fc1ccc([C@@H]2C[C@H](OC(F)F)CCN2)cc1. The Morgan fingerprint density at radius 3 is 2.59 bits per heavy atom. The molecule has 0 aromatic heterocycles. The number of hydrogen-bond donors (Lipinski definition) is 1. The first kappa shape index (κ1) is 12.4. The van der Waals surface area contributed by atoms with Gasteiger partial charge < -0.3 is 10.1 Å². The van der Waals surface area contributed by atoms with Crippen molar-refractivity contribution < 1.29 is 17.9 Å². The molecule has 1 aromatic carbocycles. The van der Waals surface area contributed by atoms with E-state index in [1.54, 1.807) is 12.1 Å². The third kappa shape index (κ3) is 3.44. The fourth-order valence-corrected chi connectivity index (χ4v) is 2.10. The first-order chi connectivity index (χ1) is 8.15. The maximum Gasteiger partial charge on any atom is 0.345 e. The Hall–Kier alpha value is -1.07. The minimum absolute atomic E-state index is 0.0481. The number of halogens is 3. The normalized spacial score (nSPS) is 25.2. The van der Waals surface area contributed by atoms with Crippen molar-refractivity contribution in [2.45, 2.75) is 31.6 Å². The van der Waals surface area contributed by atoms with E-state index in [0.29, 0.717) is 19.4 Å². The lowest BCUT2D eigenvalue weighted by atomic mass is 9.95. The van der Waals surface area contributed by atoms with Crippen molar-refractivity contribution >= 4 is 0 Å². The molecule has 94 valence electrons. The Kier molecular flexibility index (Phi) is 4.02. The van der Waals surface area contributed by atoms with E-state index < -0.39 is 12.7 Å². The van der Waals surface area contributed by atoms with E-state index in [-0.39, 0.29) is 11.9 Å². The van der Waals surface area contributed by atoms with Crippen LogP contribution in [0.2, 0.25) is 0 Å². The second kappa shape index (κ2) is 5.51. The molecule has 1 aliphatic heterocycles. The summed E-state index contributed by atoms with van der Waals surface area (Å²) in [6.07, 6.45) is 0.615. The summed E-state index contributed by atoms with van der Waals surface area (Å²) in [5.41, 5.74) is 0.897. The number of rotatable bonds is 3. The van der Waals surface area contributed by atoms with Gasteiger partial charge in [0.15, 0.2) is 0 Å². The van der Waals surface area contributed by atoms with Gasteiger partial charge in [-0.05, 0) is 37.1 Å². The molecule has 17 heavy (non-hydrogen) atoms. The molecule has 1 aromatic rings. The van der Waals surface area contributed by atoms with Crippen molar-refractivity contribution in [1.29, 1.82) is 0 Å². The van der Waals surface area contributed by atoms with E-state index in [1.807, 2.05) is 0 Å². The highest BCUT2D eigenvalue weighted by molar-refractivity contribution is 5.20. The molecule has 1 fully saturated rings. The molecular weight excluding hydrogens is 231 g/mol. The maximum absolute atomic E-state index is 12.8. The zero-order valence-electron chi connectivity index (χ0n) is 9.20. The lowest BCUT2D eigenvalue weighted by Gasteiger charge is -2.30. The number of hydrogen-bond acceptors (Lipinski definition) is 2. The third-order valence-corrected chi connectivity index (χ3v) is 2.92. The van der Waals surface area contributed by atoms with Crippen LogP contribution in [0.1, 0.15) is 24.4 Å². The van der Waals surface area contributed by atoms with Crippen LogP contribution in [-0.2, 0) is 4.74 Å². The topological polar surface area (TPSA) is 21.3 Å². The standard InChI is InChI=1S/C12H14F3NO/c13-9-3-1-8(2-4-9)11-7-10(5-6-16-11)17-12(14)15/h1-4,10-12,16H,5-7H2/t10-,11+/m1/s1. The summed E-state index contributed by atoms with van der Waals surface area (Å²) in [6.45, 7) is -2.11. The van der Waals surface area contributed by atoms with Crippen molar-refractivity contribution in [2.24, 2.45) is 0 Å². The Morgan fingerprint density at radius 2 is 1.94 bits per heavy atom. The number of alkyl halides is 2. The predicted molar refractivity (Wildman–Crippen MR) is 57.3 cm³/mol. The van der Waals surface area contributed by atoms with Crippen molar-refractivity contribution in [3.63, 3.8) is 0 Å². The minimum atomic E-state index is -2.73. The van der Waals surface area contributed by atoms with Gasteiger partial charge in [-0.15, -0.1) is 0 Å². The molecular formula is C12H14F3NO. The van der Waals surface area contributed by atoms with Gasteiger partial charge in [0, 0.05) is 6.04 Å². The summed E-state index contributed by atoms with van der Waals surface area (Å²) in [5.74, 6) is -0.301. The van der Waals surface area contributed by atoms with Crippen molar-refractivity contribution in [3.8, 4) is 0 Å². The Balaban J connectivity index is 1.99. The van der Waals surface area contributed by atoms with Crippen LogP contribution >= 0.6 is 0 Å². The van der Waals surface area contributed by atoms with E-state index in [9.17, 15) is 13.2 Å². The Bertz CT molecular complexity index is 355. The van der Waals surface area contributed by atoms with Crippen LogP contribution in [0.5, 0.6) is 0 Å². The number of piperidine rings is 1. The smallest absolute Gasteiger partial charge is 0.320 e. The van der Waals surface area contributed by atoms with E-state index in [2.05, 4.69) is 10.1 Å². The van der Waals surface area contributed by atoms with Gasteiger partial charge in [0.05, 0.1) is 6.10 Å². The summed E-state index contributed by atoms with van der Waals surface area (Å²) in [6, 6.07) is 6.02. The quantitative estimate of drug-likeness (QED) is 0.884. The predicted octanol–water partition coefficient (Wildman–Crippen LogP) is 2.86. The molecule has 2 nitrogen and oxygen atoms in total. The molecule has 0 amide bonds. The van der Waals surface area contributed by atoms with E-state index in [4.69, 9.17) is 0 Å². The van der Waals surface area contributed by atoms with Crippen LogP contribution in [-0.4, -0.2) is 19.3 Å². The van der Waals surface area contributed by atoms with Crippen molar-refractivity contribution in [3.05, 3.63) is 35.6 Å². The van der Waals surface area contributed by atoms with E-state index >= 15 is 0 Å². The lowest BCUT2D eigenvalue weighted by molar-refractivity contribution is -0.170. The summed E-state index contributed by atoms with van der Waals surface area (Å²) >= 11 is 0. The van der Waals surface area contributed by atoms with Gasteiger partial charge in [-0.25, -0.2) is 4.39 Å². The molecule has 2 rings (SSSR count). The number of benzene rings is 1. The molecule has 0 bridgehead atoms. The monoisotopic (exact) mass is 245 g/mol. The van der Waals surface area contributed by atoms with Crippen LogP contribution in [0.25, 0.3) is 0 Å². The molecule has 1 N–H and O–H groups in total. The second-order valence-electron chi connectivity index (χ2n) is 4.10. The summed E-state index contributed by atoms with van der Waals surface area (Å²) in [5, 5.41) is 3.21. The lowest BCUT2D eigenvalue weighted by Crippen LogP contribution is -2.36. The largest absolute Gasteiger partial charge is 0.345 e. The summed E-state index contributed by atoms with van der Waals surface area (Å²) in [7, 11) is 0. The summed E-state index contributed by atoms with van der Waals surface area (Å²) < 4.78 is 41.5. The van der Waals surface area contributed by atoms with Gasteiger partial charge in [0.25, 0.3) is 0 Å². The van der Waals surface area contributed by atoms with Crippen LogP contribution in [0.15, 0.2) is 24.3 Å². The van der Waals surface area contributed by atoms with Crippen molar-refractivity contribution in [1.82, 2.24) is 5.32 Å². The zero-order valence-corrected chi connectivity index (χ0v) is 9.20. The maximum atomic E-state index is 12.8. The average Bonchev–Trinajstić information content (AvgIpc) is 2.29. The highest BCUT2D eigenvalue weighted by Crippen LogP contribution is 2.26. The van der Waals surface area contributed by atoms with Crippen LogP contribution in [0, 0.1) is 5.82 Å². The number of nitrogens with one attached hydrogen (secondary N) is 1. The molecule has 2 atom stereocenters. The molecule has 0 saturated carbocycles. The Labute approximate surface area is 97.8 Å². The molecule has 0 unspecified atom stereocenters. The first-order valence-corrected chi connectivity index (χ1v) is 5.57. The zero-order chi connectivity index (χ0) is 12.3. The number of ether oxygens (including phenoxy) is 1. The summed E-state index contributed by atoms with van der Waals surface area (Å²) in [4.78, 5) is 0. The van der Waals surface area contributed by atoms with Gasteiger partial charge in [-0.3, -0.25) is 0 Å². The average molecular weight is 245 g/mol. The highest BCUT2D eigenvalue weighted by atomic mass is 19.3. The fourth-order valence-electron chi connectivity index (χ4n) is 2.10. The molecule has 1 saturated heterocycles. The van der Waals surface area contributed by atoms with E-state index in [1.165, 1.54) is 12.1 Å². The minimum Gasteiger partial charge on any atom is -0.320 e. The first-order valence-electron chi connectivity index (χ1n) is 5.57. The van der Waals surface area contributed by atoms with Crippen molar-refractivity contribution in [2.75, 3.05) is 6.54 Å². The highest BCUT2D eigenvalue weighted by Gasteiger charge is 2.25. The van der Waals surface area contributed by atoms with Gasteiger partial charge >= 0.3 is 6.61 Å². The van der Waals surface area contributed by atoms with Crippen LogP contribution in [0.3, 0.4) is 0 Å². The molecule has 0 spiro atoms. The molecule has 0 radical (unpaired) electrons.